The highest BCUT2D eigenvalue weighted by molar-refractivity contribution is 5.42. The van der Waals surface area contributed by atoms with Gasteiger partial charge in [-0.25, -0.2) is 0 Å². The SMILES string of the molecule is O=[N+]([O-])c1ccccc1[C@H]1OC2(CCCC2)O[C@@H]1CO. The van der Waals surface area contributed by atoms with E-state index in [9.17, 15) is 15.2 Å². The summed E-state index contributed by atoms with van der Waals surface area (Å²) in [6.07, 6.45) is 2.46. The van der Waals surface area contributed by atoms with E-state index < -0.39 is 22.9 Å². The van der Waals surface area contributed by atoms with E-state index in [1.54, 1.807) is 18.2 Å². The lowest BCUT2D eigenvalue weighted by Gasteiger charge is -2.21. The molecule has 1 spiro atoms. The van der Waals surface area contributed by atoms with Crippen LogP contribution in [0.25, 0.3) is 0 Å². The molecule has 1 aromatic carbocycles. The number of para-hydroxylation sites is 1. The summed E-state index contributed by atoms with van der Waals surface area (Å²) in [5.74, 6) is -0.665. The highest BCUT2D eigenvalue weighted by Crippen LogP contribution is 2.48. The average molecular weight is 279 g/mol. The van der Waals surface area contributed by atoms with Gasteiger partial charge in [-0.1, -0.05) is 12.1 Å². The summed E-state index contributed by atoms with van der Waals surface area (Å²) >= 11 is 0. The first-order valence-corrected chi connectivity index (χ1v) is 6.85. The van der Waals surface area contributed by atoms with E-state index in [1.807, 2.05) is 0 Å². The quantitative estimate of drug-likeness (QED) is 0.678. The number of benzene rings is 1. The van der Waals surface area contributed by atoms with Crippen LogP contribution in [0, 0.1) is 10.1 Å². The van der Waals surface area contributed by atoms with E-state index in [2.05, 4.69) is 0 Å². The first-order valence-electron chi connectivity index (χ1n) is 6.85. The lowest BCUT2D eigenvalue weighted by atomic mass is 10.0. The highest BCUT2D eigenvalue weighted by atomic mass is 16.8. The first-order chi connectivity index (χ1) is 9.65. The van der Waals surface area contributed by atoms with E-state index in [0.717, 1.165) is 25.7 Å². The fraction of sp³-hybridized carbons (Fsp3) is 0.571. The molecule has 1 heterocycles. The largest absolute Gasteiger partial charge is 0.394 e. The minimum atomic E-state index is -0.665. The second-order valence-corrected chi connectivity index (χ2v) is 5.31. The molecule has 0 bridgehead atoms. The molecule has 20 heavy (non-hydrogen) atoms. The molecule has 3 rings (SSSR count). The Morgan fingerprint density at radius 2 is 2.00 bits per heavy atom. The molecule has 1 saturated carbocycles. The number of nitro benzene ring substituents is 1. The Bertz CT molecular complexity index is 512. The molecule has 2 atom stereocenters. The van der Waals surface area contributed by atoms with Gasteiger partial charge in [-0.2, -0.15) is 0 Å². The van der Waals surface area contributed by atoms with Crippen molar-refractivity contribution < 1.29 is 19.5 Å². The van der Waals surface area contributed by atoms with Gasteiger partial charge in [0.05, 0.1) is 17.1 Å². The molecule has 2 fully saturated rings. The zero-order valence-electron chi connectivity index (χ0n) is 11.0. The van der Waals surface area contributed by atoms with Crippen molar-refractivity contribution in [2.24, 2.45) is 0 Å². The van der Waals surface area contributed by atoms with E-state index in [0.29, 0.717) is 5.56 Å². The Morgan fingerprint density at radius 1 is 1.30 bits per heavy atom. The molecule has 1 aliphatic heterocycles. The van der Waals surface area contributed by atoms with Gasteiger partial charge in [0.1, 0.15) is 12.2 Å². The van der Waals surface area contributed by atoms with Gasteiger partial charge in [-0.3, -0.25) is 10.1 Å². The summed E-state index contributed by atoms with van der Waals surface area (Å²) in [4.78, 5) is 10.7. The van der Waals surface area contributed by atoms with Crippen molar-refractivity contribution >= 4 is 5.69 Å². The maximum atomic E-state index is 11.1. The van der Waals surface area contributed by atoms with Gasteiger partial charge in [0.25, 0.3) is 5.69 Å². The van der Waals surface area contributed by atoms with E-state index in [-0.39, 0.29) is 12.3 Å². The molecule has 6 heteroatoms. The molecule has 0 aromatic heterocycles. The minimum Gasteiger partial charge on any atom is -0.394 e. The predicted octanol–water partition coefficient (Wildman–Crippen LogP) is 2.31. The summed E-state index contributed by atoms with van der Waals surface area (Å²) in [6, 6.07) is 6.48. The molecule has 1 aliphatic carbocycles. The summed E-state index contributed by atoms with van der Waals surface area (Å²) in [7, 11) is 0. The molecule has 108 valence electrons. The third-order valence-corrected chi connectivity index (χ3v) is 4.03. The van der Waals surface area contributed by atoms with Crippen molar-refractivity contribution in [2.75, 3.05) is 6.61 Å². The van der Waals surface area contributed by atoms with Gasteiger partial charge in [-0.15, -0.1) is 0 Å². The van der Waals surface area contributed by atoms with Gasteiger partial charge in [0.15, 0.2) is 5.79 Å². The van der Waals surface area contributed by atoms with Crippen LogP contribution in [-0.2, 0) is 9.47 Å². The summed E-state index contributed by atoms with van der Waals surface area (Å²) < 4.78 is 11.9. The number of aliphatic hydroxyl groups is 1. The fourth-order valence-corrected chi connectivity index (χ4v) is 3.11. The van der Waals surface area contributed by atoms with E-state index >= 15 is 0 Å². The van der Waals surface area contributed by atoms with Crippen LogP contribution in [0.5, 0.6) is 0 Å². The van der Waals surface area contributed by atoms with Gasteiger partial charge in [0, 0.05) is 18.9 Å². The van der Waals surface area contributed by atoms with E-state index in [4.69, 9.17) is 9.47 Å². The number of hydrogen-bond acceptors (Lipinski definition) is 5. The van der Waals surface area contributed by atoms with Crippen LogP contribution < -0.4 is 0 Å². The van der Waals surface area contributed by atoms with Crippen LogP contribution in [0.4, 0.5) is 5.69 Å². The molecule has 1 aromatic rings. The number of nitrogens with zero attached hydrogens (tertiary/aromatic N) is 1. The summed E-state index contributed by atoms with van der Waals surface area (Å²) in [5.41, 5.74) is 0.481. The van der Waals surface area contributed by atoms with Gasteiger partial charge in [0.2, 0.25) is 0 Å². The number of nitro groups is 1. The maximum Gasteiger partial charge on any atom is 0.275 e. The third kappa shape index (κ3) is 2.19. The number of hydrogen-bond donors (Lipinski definition) is 1. The van der Waals surface area contributed by atoms with Crippen LogP contribution >= 0.6 is 0 Å². The Hall–Kier alpha value is -1.50. The molecule has 1 saturated heterocycles. The number of ether oxygens (including phenoxy) is 2. The zero-order valence-corrected chi connectivity index (χ0v) is 11.0. The Morgan fingerprint density at radius 3 is 2.65 bits per heavy atom. The summed E-state index contributed by atoms with van der Waals surface area (Å²) in [5, 5.41) is 20.6. The Balaban J connectivity index is 1.94. The number of aliphatic hydroxyl groups excluding tert-OH is 1. The monoisotopic (exact) mass is 279 g/mol. The molecular formula is C14H17NO5. The molecule has 2 aliphatic rings. The van der Waals surface area contributed by atoms with E-state index in [1.165, 1.54) is 6.07 Å². The lowest BCUT2D eigenvalue weighted by molar-refractivity contribution is -0.386. The Labute approximate surface area is 116 Å². The Kier molecular flexibility index (Phi) is 3.45. The van der Waals surface area contributed by atoms with Crippen LogP contribution in [0.3, 0.4) is 0 Å². The molecular weight excluding hydrogens is 262 g/mol. The van der Waals surface area contributed by atoms with Crippen molar-refractivity contribution in [1.29, 1.82) is 0 Å². The molecule has 0 unspecified atom stereocenters. The third-order valence-electron chi connectivity index (χ3n) is 4.03. The fourth-order valence-electron chi connectivity index (χ4n) is 3.11. The molecule has 1 N–H and O–H groups in total. The molecule has 0 radical (unpaired) electrons. The van der Waals surface area contributed by atoms with Crippen molar-refractivity contribution in [2.45, 2.75) is 43.7 Å². The molecule has 0 amide bonds. The zero-order chi connectivity index (χ0) is 14.2. The van der Waals surface area contributed by atoms with Crippen LogP contribution in [0.15, 0.2) is 24.3 Å². The standard InChI is InChI=1S/C14H17NO5/c16-9-12-13(20-14(19-12)7-3-4-8-14)10-5-1-2-6-11(10)15(17)18/h1-2,5-6,12-13,16H,3-4,7-9H2/t12-,13-/m1/s1. The van der Waals surface area contributed by atoms with Gasteiger partial charge >= 0.3 is 0 Å². The minimum absolute atomic E-state index is 0.00889. The predicted molar refractivity (Wildman–Crippen MR) is 70.1 cm³/mol. The van der Waals surface area contributed by atoms with Gasteiger partial charge in [-0.05, 0) is 18.9 Å². The first kappa shape index (κ1) is 13.5. The van der Waals surface area contributed by atoms with Crippen molar-refractivity contribution in [1.82, 2.24) is 0 Å². The smallest absolute Gasteiger partial charge is 0.275 e. The average Bonchev–Trinajstić information content (AvgIpc) is 3.06. The van der Waals surface area contributed by atoms with Crippen molar-refractivity contribution in [3.8, 4) is 0 Å². The van der Waals surface area contributed by atoms with Crippen molar-refractivity contribution in [3.05, 3.63) is 39.9 Å². The molecule has 6 nitrogen and oxygen atoms in total. The topological polar surface area (TPSA) is 81.8 Å². The number of rotatable bonds is 3. The van der Waals surface area contributed by atoms with Crippen molar-refractivity contribution in [3.63, 3.8) is 0 Å². The van der Waals surface area contributed by atoms with Gasteiger partial charge < -0.3 is 14.6 Å². The normalized spacial score (nSPS) is 28.1. The lowest BCUT2D eigenvalue weighted by Crippen LogP contribution is -2.27. The van der Waals surface area contributed by atoms with Crippen LogP contribution in [-0.4, -0.2) is 28.5 Å². The second kappa shape index (κ2) is 5.12. The highest BCUT2D eigenvalue weighted by Gasteiger charge is 2.50. The maximum absolute atomic E-state index is 11.1. The summed E-state index contributed by atoms with van der Waals surface area (Å²) in [6.45, 7) is -0.210. The second-order valence-electron chi connectivity index (χ2n) is 5.31. The van der Waals surface area contributed by atoms with Crippen LogP contribution in [0.2, 0.25) is 0 Å². The van der Waals surface area contributed by atoms with Crippen LogP contribution in [0.1, 0.15) is 37.4 Å².